The molecular weight excluding hydrogens is 752 g/mol. The van der Waals surface area contributed by atoms with E-state index in [4.69, 9.17) is 23.7 Å². The number of carbonyl (C=O) groups is 1. The van der Waals surface area contributed by atoms with Gasteiger partial charge in [0, 0.05) is 6.92 Å². The minimum Gasteiger partial charge on any atom is -0.463 e. The molecule has 20 atom stereocenters. The predicted molar refractivity (Wildman–Crippen MR) is 210 cm³/mol. The quantitative estimate of drug-likeness (QED) is 0.0853. The first kappa shape index (κ1) is 46.2. The number of aliphatic hydroxyl groups is 8. The molecule has 6 rings (SSSR count). The summed E-state index contributed by atoms with van der Waals surface area (Å²) in [5.41, 5.74) is -0.480. The van der Waals surface area contributed by atoms with E-state index in [1.807, 2.05) is 6.92 Å². The summed E-state index contributed by atoms with van der Waals surface area (Å²) in [6, 6.07) is 0. The standard InChI is InChI=1S/C44H74O14/c1-22(2)11-10-15-44(9,53)24-12-17-43(8)31(24)25(47)19-29-41(6)16-14-30(40(4,5)28(41)13-18-42(29,43)7)57-39-37(35(51)32(48)26(20-45)55-39)58-38-36(52)34(50)33(49)27(56-38)21-54-23(3)46/h11,24-39,45,47-53H,10,12-21H2,1-9H3/t24?,25-,26-,27-,28?,29?,30+,31?,32-,33-,34+,35+,36-,37-,38+,39+,41+,42-,43-,44-/m1/s1. The van der Waals surface area contributed by atoms with Gasteiger partial charge < -0.3 is 64.5 Å². The fourth-order valence-electron chi connectivity index (χ4n) is 13.5. The fraction of sp³-hybridized carbons (Fsp3) is 0.932. The van der Waals surface area contributed by atoms with Crippen molar-refractivity contribution in [3.05, 3.63) is 11.6 Å². The molecule has 0 aromatic rings. The van der Waals surface area contributed by atoms with Gasteiger partial charge in [0.2, 0.25) is 0 Å². The third-order valence-electron chi connectivity index (χ3n) is 16.9. The minimum absolute atomic E-state index is 0.00195. The Morgan fingerprint density at radius 1 is 0.776 bits per heavy atom. The number of carbonyl (C=O) groups excluding carboxylic acids is 1. The van der Waals surface area contributed by atoms with Gasteiger partial charge in [-0.25, -0.2) is 0 Å². The van der Waals surface area contributed by atoms with Gasteiger partial charge in [0.25, 0.3) is 0 Å². The van der Waals surface area contributed by atoms with Crippen LogP contribution in [0.4, 0.5) is 0 Å². The highest BCUT2D eigenvalue weighted by Gasteiger charge is 2.71. The summed E-state index contributed by atoms with van der Waals surface area (Å²) in [6.07, 6.45) is -6.89. The summed E-state index contributed by atoms with van der Waals surface area (Å²) in [5, 5.41) is 88.6. The Morgan fingerprint density at radius 3 is 2.05 bits per heavy atom. The Kier molecular flexibility index (Phi) is 13.4. The molecule has 4 aliphatic carbocycles. The van der Waals surface area contributed by atoms with Crippen molar-refractivity contribution < 1.29 is 69.3 Å². The molecule has 14 heteroatoms. The maximum atomic E-state index is 12.2. The van der Waals surface area contributed by atoms with Gasteiger partial charge in [-0.2, -0.15) is 0 Å². The highest BCUT2D eigenvalue weighted by atomic mass is 16.8. The number of fused-ring (bicyclic) bond motifs is 5. The van der Waals surface area contributed by atoms with Crippen molar-refractivity contribution in [3.63, 3.8) is 0 Å². The van der Waals surface area contributed by atoms with Crippen LogP contribution in [0.15, 0.2) is 11.6 Å². The van der Waals surface area contributed by atoms with Gasteiger partial charge in [0.15, 0.2) is 12.6 Å². The van der Waals surface area contributed by atoms with Crippen LogP contribution in [0.3, 0.4) is 0 Å². The maximum Gasteiger partial charge on any atom is 0.302 e. The van der Waals surface area contributed by atoms with Crippen molar-refractivity contribution in [2.75, 3.05) is 13.2 Å². The molecule has 4 saturated carbocycles. The van der Waals surface area contributed by atoms with Crippen molar-refractivity contribution in [3.8, 4) is 0 Å². The summed E-state index contributed by atoms with van der Waals surface area (Å²) in [6.45, 7) is 17.8. The molecule has 6 fully saturated rings. The van der Waals surface area contributed by atoms with Crippen LogP contribution in [0.2, 0.25) is 0 Å². The molecule has 2 saturated heterocycles. The molecule has 14 nitrogen and oxygen atoms in total. The van der Waals surface area contributed by atoms with Crippen LogP contribution in [-0.4, -0.2) is 139 Å². The lowest BCUT2D eigenvalue weighted by molar-refractivity contribution is -0.378. The summed E-state index contributed by atoms with van der Waals surface area (Å²) in [4.78, 5) is 11.5. The molecule has 334 valence electrons. The maximum absolute atomic E-state index is 12.2. The molecule has 2 aliphatic heterocycles. The molecule has 4 unspecified atom stereocenters. The average molecular weight is 827 g/mol. The first-order valence-corrected chi connectivity index (χ1v) is 21.7. The summed E-state index contributed by atoms with van der Waals surface area (Å²) >= 11 is 0. The first-order valence-electron chi connectivity index (χ1n) is 21.7. The number of aliphatic hydroxyl groups excluding tert-OH is 7. The van der Waals surface area contributed by atoms with Crippen molar-refractivity contribution in [2.45, 2.75) is 199 Å². The number of rotatable bonds is 11. The molecule has 8 N–H and O–H groups in total. The highest BCUT2D eigenvalue weighted by molar-refractivity contribution is 5.65. The zero-order chi connectivity index (χ0) is 42.9. The molecule has 6 aliphatic rings. The van der Waals surface area contributed by atoms with Gasteiger partial charge in [-0.05, 0) is 124 Å². The lowest BCUT2D eigenvalue weighted by Gasteiger charge is -2.70. The molecule has 0 radical (unpaired) electrons. The van der Waals surface area contributed by atoms with E-state index in [9.17, 15) is 45.6 Å². The zero-order valence-corrected chi connectivity index (χ0v) is 36.1. The Bertz CT molecular complexity index is 1480. The lowest BCUT2D eigenvalue weighted by atomic mass is 9.35. The van der Waals surface area contributed by atoms with Crippen LogP contribution in [0.1, 0.15) is 120 Å². The molecule has 0 aromatic carbocycles. The van der Waals surface area contributed by atoms with Gasteiger partial charge in [0.1, 0.15) is 55.4 Å². The lowest BCUT2D eigenvalue weighted by Crippen LogP contribution is -2.68. The zero-order valence-electron chi connectivity index (χ0n) is 36.1. The number of allylic oxidation sites excluding steroid dienone is 2. The topological polar surface area (TPSA) is 225 Å². The van der Waals surface area contributed by atoms with Crippen molar-refractivity contribution >= 4 is 5.97 Å². The predicted octanol–water partition coefficient (Wildman–Crippen LogP) is 2.72. The Labute approximate surface area is 344 Å². The van der Waals surface area contributed by atoms with E-state index < -0.39 is 104 Å². The van der Waals surface area contributed by atoms with E-state index >= 15 is 0 Å². The van der Waals surface area contributed by atoms with E-state index in [2.05, 4.69) is 54.5 Å². The largest absolute Gasteiger partial charge is 0.463 e. The van der Waals surface area contributed by atoms with Crippen LogP contribution < -0.4 is 0 Å². The third kappa shape index (κ3) is 7.87. The summed E-state index contributed by atoms with van der Waals surface area (Å²) < 4.78 is 29.6. The molecule has 0 spiro atoms. The van der Waals surface area contributed by atoms with Gasteiger partial charge in [-0.1, -0.05) is 46.3 Å². The van der Waals surface area contributed by atoms with Gasteiger partial charge in [-0.3, -0.25) is 4.79 Å². The van der Waals surface area contributed by atoms with Crippen molar-refractivity contribution in [1.82, 2.24) is 0 Å². The number of hydrogen-bond donors (Lipinski definition) is 8. The molecule has 2 heterocycles. The molecular formula is C44H74O14. The number of ether oxygens (including phenoxy) is 5. The number of hydrogen-bond acceptors (Lipinski definition) is 14. The summed E-state index contributed by atoms with van der Waals surface area (Å²) in [5.74, 6) is -0.252. The van der Waals surface area contributed by atoms with Crippen molar-refractivity contribution in [1.29, 1.82) is 0 Å². The first-order chi connectivity index (χ1) is 26.9. The minimum atomic E-state index is -1.79. The van der Waals surface area contributed by atoms with E-state index in [0.29, 0.717) is 19.3 Å². The normalized spacial score (nSPS) is 49.8. The van der Waals surface area contributed by atoms with Crippen LogP contribution in [0, 0.1) is 45.3 Å². The monoisotopic (exact) mass is 827 g/mol. The van der Waals surface area contributed by atoms with Crippen LogP contribution >= 0.6 is 0 Å². The SMILES string of the molecule is CC(=O)OC[C@H]1O[C@@H](O[C@H]2[C@H](O[C@H]3CC[C@@]4(C)C(CC[C@]5(C)C4C[C@@H](O)C4C([C@](C)(O)CCC=C(C)C)CC[C@]45C)C3(C)C)O[C@H](CO)[C@@H](O)[C@@H]2O)[C@H](O)[C@@H](O)[C@@H]1O. The second kappa shape index (κ2) is 16.8. The molecule has 58 heavy (non-hydrogen) atoms. The van der Waals surface area contributed by atoms with E-state index in [1.165, 1.54) is 12.5 Å². The summed E-state index contributed by atoms with van der Waals surface area (Å²) in [7, 11) is 0. The van der Waals surface area contributed by atoms with E-state index in [-0.39, 0.29) is 39.9 Å². The highest BCUT2D eigenvalue weighted by Crippen LogP contribution is 2.76. The Morgan fingerprint density at radius 2 is 1.41 bits per heavy atom. The van der Waals surface area contributed by atoms with Crippen LogP contribution in [0.25, 0.3) is 0 Å². The van der Waals surface area contributed by atoms with Gasteiger partial charge in [0.05, 0.1) is 24.4 Å². The second-order valence-corrected chi connectivity index (χ2v) is 20.7. The molecule has 0 amide bonds. The van der Waals surface area contributed by atoms with Crippen LogP contribution in [0.5, 0.6) is 0 Å². The average Bonchev–Trinajstić information content (AvgIpc) is 3.53. The fourth-order valence-corrected chi connectivity index (χ4v) is 13.5. The van der Waals surface area contributed by atoms with Crippen molar-refractivity contribution in [2.24, 2.45) is 45.3 Å². The van der Waals surface area contributed by atoms with Gasteiger partial charge in [-0.15, -0.1) is 0 Å². The molecule has 0 aromatic heterocycles. The van der Waals surface area contributed by atoms with Gasteiger partial charge >= 0.3 is 5.97 Å². The molecule has 0 bridgehead atoms. The van der Waals surface area contributed by atoms with Crippen LogP contribution in [-0.2, 0) is 28.5 Å². The third-order valence-corrected chi connectivity index (χ3v) is 16.9. The number of esters is 1. The smallest absolute Gasteiger partial charge is 0.302 e. The Balaban J connectivity index is 1.22. The Hall–Kier alpha value is -1.27. The second-order valence-electron chi connectivity index (χ2n) is 20.7. The van der Waals surface area contributed by atoms with E-state index in [1.54, 1.807) is 0 Å². The van der Waals surface area contributed by atoms with E-state index in [0.717, 1.165) is 38.5 Å².